The Morgan fingerprint density at radius 3 is 2.62 bits per heavy atom. The highest BCUT2D eigenvalue weighted by Gasteiger charge is 2.19. The van der Waals surface area contributed by atoms with Crippen molar-refractivity contribution in [3.8, 4) is 5.75 Å². The van der Waals surface area contributed by atoms with Crippen molar-refractivity contribution in [2.45, 2.75) is 6.42 Å². The highest BCUT2D eigenvalue weighted by Crippen LogP contribution is 2.32. The van der Waals surface area contributed by atoms with Crippen LogP contribution < -0.4 is 0 Å². The predicted molar refractivity (Wildman–Crippen MR) is 86.3 cm³/mol. The Hall–Kier alpha value is -2.61. The molecule has 102 valence electrons. The molecular formula is C19H15NO. The van der Waals surface area contributed by atoms with Crippen molar-refractivity contribution in [1.82, 2.24) is 0 Å². The summed E-state index contributed by atoms with van der Waals surface area (Å²) in [6.45, 7) is 0.773. The Bertz CT molecular complexity index is 864. The van der Waals surface area contributed by atoms with E-state index in [0.717, 1.165) is 40.6 Å². The van der Waals surface area contributed by atoms with E-state index in [1.807, 2.05) is 30.3 Å². The maximum atomic E-state index is 10.4. The number of benzene rings is 3. The van der Waals surface area contributed by atoms with Gasteiger partial charge in [0.1, 0.15) is 5.75 Å². The van der Waals surface area contributed by atoms with Gasteiger partial charge in [-0.2, -0.15) is 0 Å². The minimum absolute atomic E-state index is 0.296. The number of fused-ring (bicyclic) bond motifs is 2. The van der Waals surface area contributed by atoms with Gasteiger partial charge in [-0.1, -0.05) is 54.6 Å². The van der Waals surface area contributed by atoms with Crippen molar-refractivity contribution < 1.29 is 5.11 Å². The zero-order valence-electron chi connectivity index (χ0n) is 11.6. The number of aliphatic imine (C=N–C) groups is 1. The van der Waals surface area contributed by atoms with E-state index in [9.17, 15) is 5.11 Å². The van der Waals surface area contributed by atoms with Crippen LogP contribution in [0.2, 0.25) is 0 Å². The van der Waals surface area contributed by atoms with Crippen LogP contribution in [0, 0.1) is 0 Å². The Morgan fingerprint density at radius 1 is 0.857 bits per heavy atom. The van der Waals surface area contributed by atoms with Crippen LogP contribution in [-0.4, -0.2) is 17.4 Å². The molecule has 2 nitrogen and oxygen atoms in total. The first-order valence-electron chi connectivity index (χ1n) is 7.18. The molecule has 21 heavy (non-hydrogen) atoms. The van der Waals surface area contributed by atoms with E-state index in [-0.39, 0.29) is 0 Å². The molecule has 0 atom stereocenters. The fourth-order valence-corrected chi connectivity index (χ4v) is 3.07. The molecule has 0 aliphatic carbocycles. The number of aromatic hydroxyl groups is 1. The molecule has 0 radical (unpaired) electrons. The first-order valence-corrected chi connectivity index (χ1v) is 7.18. The quantitative estimate of drug-likeness (QED) is 0.715. The van der Waals surface area contributed by atoms with Crippen LogP contribution in [0.3, 0.4) is 0 Å². The lowest BCUT2D eigenvalue weighted by molar-refractivity contribution is 0.475. The van der Waals surface area contributed by atoms with Crippen LogP contribution in [0.4, 0.5) is 0 Å². The summed E-state index contributed by atoms with van der Waals surface area (Å²) in [6.07, 6.45) is 0.963. The van der Waals surface area contributed by atoms with Crippen LogP contribution in [0.25, 0.3) is 10.8 Å². The summed E-state index contributed by atoms with van der Waals surface area (Å²) in [4.78, 5) is 4.71. The lowest BCUT2D eigenvalue weighted by atomic mass is 9.90. The summed E-state index contributed by atoms with van der Waals surface area (Å²) in [7, 11) is 0. The van der Waals surface area contributed by atoms with Gasteiger partial charge in [0.2, 0.25) is 0 Å². The van der Waals surface area contributed by atoms with Crippen molar-refractivity contribution >= 4 is 16.5 Å². The molecule has 3 aromatic rings. The number of phenolic OH excluding ortho intramolecular Hbond substituents is 1. The van der Waals surface area contributed by atoms with E-state index in [1.165, 1.54) is 5.56 Å². The molecule has 3 aromatic carbocycles. The van der Waals surface area contributed by atoms with Crippen molar-refractivity contribution in [3.63, 3.8) is 0 Å². The normalized spacial score (nSPS) is 13.8. The van der Waals surface area contributed by atoms with Crippen LogP contribution in [0.15, 0.2) is 65.7 Å². The Labute approximate surface area is 123 Å². The topological polar surface area (TPSA) is 32.6 Å². The van der Waals surface area contributed by atoms with Gasteiger partial charge in [-0.05, 0) is 28.8 Å². The maximum absolute atomic E-state index is 10.4. The third-order valence-electron chi connectivity index (χ3n) is 4.07. The number of hydrogen-bond donors (Lipinski definition) is 1. The number of rotatable bonds is 1. The smallest absolute Gasteiger partial charge is 0.125 e. The molecule has 0 saturated heterocycles. The summed E-state index contributed by atoms with van der Waals surface area (Å²) in [5.74, 6) is 0.296. The van der Waals surface area contributed by atoms with Gasteiger partial charge in [-0.15, -0.1) is 0 Å². The van der Waals surface area contributed by atoms with E-state index in [1.54, 1.807) is 6.07 Å². The van der Waals surface area contributed by atoms with Crippen LogP contribution in [0.5, 0.6) is 5.75 Å². The lowest BCUT2D eigenvalue weighted by Crippen LogP contribution is -2.14. The van der Waals surface area contributed by atoms with Crippen molar-refractivity contribution in [3.05, 3.63) is 77.4 Å². The molecule has 2 heteroatoms. The zero-order valence-corrected chi connectivity index (χ0v) is 11.6. The SMILES string of the molecule is Oc1ccc2ccccc2c1C1=NCCc2ccccc21. The van der Waals surface area contributed by atoms with E-state index in [0.29, 0.717) is 5.75 Å². The van der Waals surface area contributed by atoms with E-state index >= 15 is 0 Å². The van der Waals surface area contributed by atoms with Gasteiger partial charge in [-0.25, -0.2) is 0 Å². The van der Waals surface area contributed by atoms with Crippen molar-refractivity contribution in [1.29, 1.82) is 0 Å². The van der Waals surface area contributed by atoms with E-state index in [2.05, 4.69) is 24.3 Å². The fourth-order valence-electron chi connectivity index (χ4n) is 3.07. The minimum atomic E-state index is 0.296. The summed E-state index contributed by atoms with van der Waals surface area (Å²) < 4.78 is 0. The monoisotopic (exact) mass is 273 g/mol. The molecule has 0 unspecified atom stereocenters. The average molecular weight is 273 g/mol. The second-order valence-corrected chi connectivity index (χ2v) is 5.32. The first-order chi connectivity index (χ1) is 10.3. The van der Waals surface area contributed by atoms with Gasteiger partial charge < -0.3 is 5.11 Å². The summed E-state index contributed by atoms with van der Waals surface area (Å²) in [5.41, 5.74) is 4.19. The molecule has 1 heterocycles. The first kappa shape index (κ1) is 12.2. The largest absolute Gasteiger partial charge is 0.507 e. The molecule has 1 N–H and O–H groups in total. The standard InChI is InChI=1S/C19H15NO/c21-17-10-9-13-5-1-3-7-15(13)18(17)19-16-8-4-2-6-14(16)11-12-20-19/h1-10,21H,11-12H2. The van der Waals surface area contributed by atoms with Gasteiger partial charge in [0, 0.05) is 17.7 Å². The summed E-state index contributed by atoms with van der Waals surface area (Å²) in [5, 5.41) is 12.6. The minimum Gasteiger partial charge on any atom is -0.507 e. The molecule has 0 amide bonds. The third kappa shape index (κ3) is 1.91. The molecule has 0 spiro atoms. The van der Waals surface area contributed by atoms with Crippen molar-refractivity contribution in [2.24, 2.45) is 4.99 Å². The van der Waals surface area contributed by atoms with Crippen LogP contribution >= 0.6 is 0 Å². The zero-order chi connectivity index (χ0) is 14.2. The highest BCUT2D eigenvalue weighted by molar-refractivity contribution is 6.22. The predicted octanol–water partition coefficient (Wildman–Crippen LogP) is 3.94. The van der Waals surface area contributed by atoms with E-state index < -0.39 is 0 Å². The Morgan fingerprint density at radius 2 is 1.67 bits per heavy atom. The van der Waals surface area contributed by atoms with Gasteiger partial charge >= 0.3 is 0 Å². The molecular weight excluding hydrogens is 258 g/mol. The Balaban J connectivity index is 2.03. The van der Waals surface area contributed by atoms with Crippen molar-refractivity contribution in [2.75, 3.05) is 6.54 Å². The second kappa shape index (κ2) is 4.74. The highest BCUT2D eigenvalue weighted by atomic mass is 16.3. The van der Waals surface area contributed by atoms with Gasteiger partial charge in [0.05, 0.1) is 5.71 Å². The van der Waals surface area contributed by atoms with Crippen LogP contribution in [-0.2, 0) is 6.42 Å². The molecule has 1 aliphatic rings. The molecule has 1 aliphatic heterocycles. The number of nitrogens with zero attached hydrogens (tertiary/aromatic N) is 1. The average Bonchev–Trinajstić information content (AvgIpc) is 2.54. The van der Waals surface area contributed by atoms with E-state index in [4.69, 9.17) is 4.99 Å². The van der Waals surface area contributed by atoms with Gasteiger partial charge in [0.25, 0.3) is 0 Å². The van der Waals surface area contributed by atoms with Gasteiger partial charge in [-0.3, -0.25) is 4.99 Å². The fraction of sp³-hybridized carbons (Fsp3) is 0.105. The number of hydrogen-bond acceptors (Lipinski definition) is 2. The van der Waals surface area contributed by atoms with Crippen LogP contribution in [0.1, 0.15) is 16.7 Å². The molecule has 4 rings (SSSR count). The van der Waals surface area contributed by atoms with Gasteiger partial charge in [0.15, 0.2) is 0 Å². The molecule has 0 aromatic heterocycles. The Kier molecular flexibility index (Phi) is 2.74. The summed E-state index contributed by atoms with van der Waals surface area (Å²) >= 11 is 0. The summed E-state index contributed by atoms with van der Waals surface area (Å²) in [6, 6.07) is 20.2. The molecule has 0 fully saturated rings. The lowest BCUT2D eigenvalue weighted by Gasteiger charge is -2.19. The third-order valence-corrected chi connectivity index (χ3v) is 4.07. The number of phenols is 1. The maximum Gasteiger partial charge on any atom is 0.125 e. The molecule has 0 bridgehead atoms. The molecule has 0 saturated carbocycles. The second-order valence-electron chi connectivity index (χ2n) is 5.32.